The van der Waals surface area contributed by atoms with E-state index in [1.807, 2.05) is 25.1 Å². The fraction of sp³-hybridized carbons (Fsp3) is 0.600. The van der Waals surface area contributed by atoms with E-state index in [9.17, 15) is 13.2 Å². The Morgan fingerprint density at radius 2 is 2.10 bits per heavy atom. The first-order chi connectivity index (χ1) is 9.48. The van der Waals surface area contributed by atoms with Gasteiger partial charge in [0.25, 0.3) is 0 Å². The van der Waals surface area contributed by atoms with Gasteiger partial charge in [-0.25, -0.2) is 0 Å². The Labute approximate surface area is 118 Å². The monoisotopic (exact) mass is 286 g/mol. The Morgan fingerprint density at radius 1 is 1.30 bits per heavy atom. The molecule has 0 aliphatic carbocycles. The second kappa shape index (κ2) is 6.48. The van der Waals surface area contributed by atoms with Crippen molar-refractivity contribution < 1.29 is 13.2 Å². The smallest absolute Gasteiger partial charge is 0.385 e. The largest absolute Gasteiger partial charge is 0.401 e. The summed E-state index contributed by atoms with van der Waals surface area (Å²) in [6.45, 7) is 2.87. The van der Waals surface area contributed by atoms with Gasteiger partial charge in [-0.3, -0.25) is 4.90 Å². The summed E-state index contributed by atoms with van der Waals surface area (Å²) in [5.41, 5.74) is 3.31. The highest BCUT2D eigenvalue weighted by molar-refractivity contribution is 5.54. The molecule has 1 aliphatic rings. The van der Waals surface area contributed by atoms with Crippen molar-refractivity contribution >= 4 is 5.69 Å². The zero-order valence-electron chi connectivity index (χ0n) is 11.8. The summed E-state index contributed by atoms with van der Waals surface area (Å²) in [6, 6.07) is 5.96. The molecule has 20 heavy (non-hydrogen) atoms. The van der Waals surface area contributed by atoms with Crippen LogP contribution < -0.4 is 5.32 Å². The molecule has 0 saturated carbocycles. The second-order valence-electron chi connectivity index (χ2n) is 5.35. The number of benzene rings is 1. The maximum atomic E-state index is 12.6. The summed E-state index contributed by atoms with van der Waals surface area (Å²) in [7, 11) is 0. The van der Waals surface area contributed by atoms with Crippen molar-refractivity contribution in [2.45, 2.75) is 38.9 Å². The summed E-state index contributed by atoms with van der Waals surface area (Å²) in [5.74, 6) is 0. The third-order valence-electron chi connectivity index (χ3n) is 3.46. The number of nitrogens with zero attached hydrogens (tertiary/aromatic N) is 1. The Bertz CT molecular complexity index is 443. The van der Waals surface area contributed by atoms with Crippen LogP contribution in [0.3, 0.4) is 0 Å². The summed E-state index contributed by atoms with van der Waals surface area (Å²) in [5, 5.41) is 3.31. The van der Waals surface area contributed by atoms with E-state index >= 15 is 0 Å². The predicted molar refractivity (Wildman–Crippen MR) is 74.9 cm³/mol. The first kappa shape index (κ1) is 15.2. The van der Waals surface area contributed by atoms with E-state index in [1.54, 1.807) is 0 Å². The van der Waals surface area contributed by atoms with Gasteiger partial charge in [-0.05, 0) is 43.0 Å². The average Bonchev–Trinajstić information content (AvgIpc) is 2.37. The summed E-state index contributed by atoms with van der Waals surface area (Å²) < 4.78 is 37.7. The predicted octanol–water partition coefficient (Wildman–Crippen LogP) is 3.82. The van der Waals surface area contributed by atoms with Crippen molar-refractivity contribution in [1.29, 1.82) is 0 Å². The first-order valence-corrected chi connectivity index (χ1v) is 7.12. The van der Waals surface area contributed by atoms with Crippen molar-refractivity contribution in [1.82, 2.24) is 4.90 Å². The normalized spacial score (nSPS) is 15.1. The van der Waals surface area contributed by atoms with Crippen molar-refractivity contribution in [3.63, 3.8) is 0 Å². The van der Waals surface area contributed by atoms with Crippen molar-refractivity contribution in [2.24, 2.45) is 0 Å². The molecule has 1 aromatic rings. The molecule has 0 unspecified atom stereocenters. The maximum Gasteiger partial charge on any atom is 0.401 e. The van der Waals surface area contributed by atoms with Crippen LogP contribution in [0.15, 0.2) is 18.2 Å². The van der Waals surface area contributed by atoms with Gasteiger partial charge in [0.1, 0.15) is 0 Å². The lowest BCUT2D eigenvalue weighted by Gasteiger charge is -2.24. The highest BCUT2D eigenvalue weighted by atomic mass is 19.4. The molecule has 112 valence electrons. The highest BCUT2D eigenvalue weighted by Gasteiger charge is 2.30. The molecule has 0 atom stereocenters. The molecule has 5 heteroatoms. The zero-order valence-corrected chi connectivity index (χ0v) is 11.8. The number of alkyl halides is 3. The summed E-state index contributed by atoms with van der Waals surface area (Å²) in [4.78, 5) is 1.47. The van der Waals surface area contributed by atoms with Crippen LogP contribution in [0.1, 0.15) is 30.9 Å². The average molecular weight is 286 g/mol. The van der Waals surface area contributed by atoms with E-state index in [1.165, 1.54) is 10.5 Å². The number of nitrogens with one attached hydrogen (secondary N) is 1. The quantitative estimate of drug-likeness (QED) is 0.885. The molecule has 0 spiro atoms. The molecule has 0 aromatic heterocycles. The second-order valence-corrected chi connectivity index (χ2v) is 5.35. The van der Waals surface area contributed by atoms with Crippen LogP contribution in [0.25, 0.3) is 0 Å². The number of hydrogen-bond donors (Lipinski definition) is 1. The minimum absolute atomic E-state index is 0.362. The van der Waals surface area contributed by atoms with E-state index in [4.69, 9.17) is 0 Å². The lowest BCUT2D eigenvalue weighted by atomic mass is 10.0. The van der Waals surface area contributed by atoms with Gasteiger partial charge in [0.15, 0.2) is 0 Å². The SMILES string of the molecule is CCCN(Cc1ccc2c(c1)CCCN2)CC(F)(F)F. The summed E-state index contributed by atoms with van der Waals surface area (Å²) >= 11 is 0. The molecule has 0 radical (unpaired) electrons. The van der Waals surface area contributed by atoms with Gasteiger partial charge in [-0.2, -0.15) is 13.2 Å². The molecule has 1 N–H and O–H groups in total. The number of hydrogen-bond acceptors (Lipinski definition) is 2. The van der Waals surface area contributed by atoms with Crippen molar-refractivity contribution in [2.75, 3.05) is 25.0 Å². The molecule has 0 bridgehead atoms. The van der Waals surface area contributed by atoms with Crippen molar-refractivity contribution in [3.8, 4) is 0 Å². The summed E-state index contributed by atoms with van der Waals surface area (Å²) in [6.07, 6.45) is -1.32. The zero-order chi connectivity index (χ0) is 14.6. The molecule has 0 fully saturated rings. The molecule has 0 saturated heterocycles. The molecular weight excluding hydrogens is 265 g/mol. The van der Waals surface area contributed by atoms with Gasteiger partial charge < -0.3 is 5.32 Å². The fourth-order valence-electron chi connectivity index (χ4n) is 2.67. The van der Waals surface area contributed by atoms with E-state index in [-0.39, 0.29) is 0 Å². The molecular formula is C15H21F3N2. The number of anilines is 1. The maximum absolute atomic E-state index is 12.6. The third kappa shape index (κ3) is 4.40. The number of aryl methyl sites for hydroxylation is 1. The van der Waals surface area contributed by atoms with E-state index in [2.05, 4.69) is 5.32 Å². The van der Waals surface area contributed by atoms with Gasteiger partial charge in [0.05, 0.1) is 6.54 Å². The highest BCUT2D eigenvalue weighted by Crippen LogP contribution is 2.24. The lowest BCUT2D eigenvalue weighted by molar-refractivity contribution is -0.147. The fourth-order valence-corrected chi connectivity index (χ4v) is 2.67. The molecule has 2 nitrogen and oxygen atoms in total. The Hall–Kier alpha value is -1.23. The van der Waals surface area contributed by atoms with Crippen LogP contribution in [0.2, 0.25) is 0 Å². The van der Waals surface area contributed by atoms with E-state index < -0.39 is 12.7 Å². The van der Waals surface area contributed by atoms with Crippen molar-refractivity contribution in [3.05, 3.63) is 29.3 Å². The van der Waals surface area contributed by atoms with Crippen LogP contribution in [0.4, 0.5) is 18.9 Å². The van der Waals surface area contributed by atoms with Crippen LogP contribution in [0, 0.1) is 0 Å². The number of rotatable bonds is 5. The third-order valence-corrected chi connectivity index (χ3v) is 3.46. The van der Waals surface area contributed by atoms with Crippen LogP contribution >= 0.6 is 0 Å². The van der Waals surface area contributed by atoms with Gasteiger partial charge in [-0.1, -0.05) is 19.1 Å². The lowest BCUT2D eigenvalue weighted by Crippen LogP contribution is -2.34. The van der Waals surface area contributed by atoms with Crippen LogP contribution in [-0.2, 0) is 13.0 Å². The van der Waals surface area contributed by atoms with Gasteiger partial charge in [0, 0.05) is 18.8 Å². The molecule has 1 heterocycles. The molecule has 0 amide bonds. The van der Waals surface area contributed by atoms with E-state index in [0.29, 0.717) is 13.1 Å². The Balaban J connectivity index is 2.06. The van der Waals surface area contributed by atoms with Gasteiger partial charge >= 0.3 is 6.18 Å². The van der Waals surface area contributed by atoms with Gasteiger partial charge in [-0.15, -0.1) is 0 Å². The standard InChI is InChI=1S/C15H21F3N2/c1-2-8-20(11-15(16,17)18)10-12-5-6-14-13(9-12)4-3-7-19-14/h5-6,9,19H,2-4,7-8,10-11H2,1H3. The minimum atomic E-state index is -4.13. The van der Waals surface area contributed by atoms with Gasteiger partial charge in [0.2, 0.25) is 0 Å². The number of halogens is 3. The minimum Gasteiger partial charge on any atom is -0.385 e. The Kier molecular flexibility index (Phi) is 4.91. The first-order valence-electron chi connectivity index (χ1n) is 7.12. The van der Waals surface area contributed by atoms with E-state index in [0.717, 1.165) is 37.1 Å². The molecule has 2 rings (SSSR count). The topological polar surface area (TPSA) is 15.3 Å². The molecule has 1 aromatic carbocycles. The molecule has 1 aliphatic heterocycles. The van der Waals surface area contributed by atoms with Crippen LogP contribution in [-0.4, -0.2) is 30.7 Å². The van der Waals surface area contributed by atoms with Crippen LogP contribution in [0.5, 0.6) is 0 Å². The number of fused-ring (bicyclic) bond motifs is 1. The Morgan fingerprint density at radius 3 is 2.80 bits per heavy atom.